The molecule has 1 aliphatic heterocycles. The van der Waals surface area contributed by atoms with Gasteiger partial charge in [0.1, 0.15) is 17.1 Å². The molecular formula is C25H23FN2O4. The van der Waals surface area contributed by atoms with Crippen LogP contribution in [0.15, 0.2) is 76.9 Å². The second-order valence-corrected chi connectivity index (χ2v) is 7.50. The lowest BCUT2D eigenvalue weighted by Crippen LogP contribution is -2.35. The summed E-state index contributed by atoms with van der Waals surface area (Å²) in [4.78, 5) is 26.5. The quantitative estimate of drug-likeness (QED) is 0.621. The number of fused-ring (bicyclic) bond motifs is 1. The molecule has 0 fully saturated rings. The highest BCUT2D eigenvalue weighted by atomic mass is 19.1. The largest absolute Gasteiger partial charge is 0.462 e. The van der Waals surface area contributed by atoms with Gasteiger partial charge in [0, 0.05) is 17.3 Å². The maximum Gasteiger partial charge on any atom is 0.340 e. The van der Waals surface area contributed by atoms with Crippen molar-refractivity contribution in [3.8, 4) is 5.75 Å². The number of pyridine rings is 1. The summed E-state index contributed by atoms with van der Waals surface area (Å²) in [7, 11) is 0. The van der Waals surface area contributed by atoms with Gasteiger partial charge in [-0.25, -0.2) is 9.18 Å². The number of aryl methyl sites for hydroxylation is 1. The Bertz CT molecular complexity index is 1260. The summed E-state index contributed by atoms with van der Waals surface area (Å²) in [5.74, 6) is -2.37. The van der Waals surface area contributed by atoms with Crippen molar-refractivity contribution < 1.29 is 18.7 Å². The summed E-state index contributed by atoms with van der Waals surface area (Å²) < 4.78 is 27.3. The highest BCUT2D eigenvalue weighted by Gasteiger charge is 2.39. The van der Waals surface area contributed by atoms with E-state index in [4.69, 9.17) is 15.2 Å². The molecule has 1 aromatic heterocycles. The molecule has 2 aromatic carbocycles. The molecule has 4 rings (SSSR count). The predicted molar refractivity (Wildman–Crippen MR) is 118 cm³/mol. The van der Waals surface area contributed by atoms with E-state index in [1.807, 2.05) is 30.3 Å². The third kappa shape index (κ3) is 3.77. The van der Waals surface area contributed by atoms with Gasteiger partial charge in [0.05, 0.1) is 24.6 Å². The van der Waals surface area contributed by atoms with E-state index in [9.17, 15) is 14.0 Å². The fourth-order valence-electron chi connectivity index (χ4n) is 3.98. The Labute approximate surface area is 184 Å². The summed E-state index contributed by atoms with van der Waals surface area (Å²) in [6, 6.07) is 17.2. The van der Waals surface area contributed by atoms with E-state index in [0.29, 0.717) is 12.2 Å². The van der Waals surface area contributed by atoms with E-state index >= 15 is 0 Å². The number of esters is 1. The summed E-state index contributed by atoms with van der Waals surface area (Å²) in [5.41, 5.74) is 7.49. The molecule has 0 spiro atoms. The average molecular weight is 434 g/mol. The Morgan fingerprint density at radius 1 is 1.16 bits per heavy atom. The van der Waals surface area contributed by atoms with Crippen LogP contribution in [-0.2, 0) is 16.1 Å². The van der Waals surface area contributed by atoms with Crippen molar-refractivity contribution >= 4 is 5.97 Å². The van der Waals surface area contributed by atoms with Gasteiger partial charge in [0.15, 0.2) is 0 Å². The molecule has 0 aliphatic carbocycles. The van der Waals surface area contributed by atoms with E-state index in [0.717, 1.165) is 5.56 Å². The highest BCUT2D eigenvalue weighted by Crippen LogP contribution is 2.42. The molecular weight excluding hydrogens is 411 g/mol. The van der Waals surface area contributed by atoms with E-state index in [-0.39, 0.29) is 40.5 Å². The number of nitrogens with two attached hydrogens (primary N) is 1. The van der Waals surface area contributed by atoms with Crippen LogP contribution in [0, 0.1) is 12.7 Å². The zero-order valence-electron chi connectivity index (χ0n) is 17.8. The van der Waals surface area contributed by atoms with Gasteiger partial charge in [0.2, 0.25) is 5.88 Å². The van der Waals surface area contributed by atoms with Gasteiger partial charge < -0.3 is 19.8 Å². The van der Waals surface area contributed by atoms with Gasteiger partial charge in [-0.1, -0.05) is 48.5 Å². The molecule has 1 atom stereocenters. The van der Waals surface area contributed by atoms with Crippen molar-refractivity contribution in [3.63, 3.8) is 0 Å². The minimum absolute atomic E-state index is 0.0864. The Hall–Kier alpha value is -3.87. The molecule has 0 radical (unpaired) electrons. The van der Waals surface area contributed by atoms with Gasteiger partial charge in [-0.05, 0) is 25.5 Å². The molecule has 0 amide bonds. The Morgan fingerprint density at radius 2 is 1.84 bits per heavy atom. The smallest absolute Gasteiger partial charge is 0.340 e. The first kappa shape index (κ1) is 21.4. The molecule has 1 aliphatic rings. The number of halogens is 1. The SMILES string of the molecule is CCOC(=O)C1=C(N)Oc2cc(C)n(Cc3ccccc3)c(=O)c2[C@H]1c1ccccc1F. The molecule has 2 heterocycles. The van der Waals surface area contributed by atoms with Crippen LogP contribution in [0.3, 0.4) is 0 Å². The van der Waals surface area contributed by atoms with Gasteiger partial charge in [-0.3, -0.25) is 4.79 Å². The predicted octanol–water partition coefficient (Wildman–Crippen LogP) is 3.60. The highest BCUT2D eigenvalue weighted by molar-refractivity contribution is 5.92. The fraction of sp³-hybridized carbons (Fsp3) is 0.200. The number of carbonyl (C=O) groups excluding carboxylic acids is 1. The van der Waals surface area contributed by atoms with Crippen molar-refractivity contribution in [2.45, 2.75) is 26.3 Å². The number of rotatable bonds is 5. The molecule has 3 aromatic rings. The number of ether oxygens (including phenoxy) is 2. The zero-order chi connectivity index (χ0) is 22.8. The molecule has 0 unspecified atom stereocenters. The maximum absolute atomic E-state index is 14.9. The first-order valence-electron chi connectivity index (χ1n) is 10.3. The van der Waals surface area contributed by atoms with Crippen molar-refractivity contribution in [2.24, 2.45) is 5.73 Å². The Morgan fingerprint density at radius 3 is 2.53 bits per heavy atom. The molecule has 0 saturated carbocycles. The van der Waals surface area contributed by atoms with Crippen molar-refractivity contribution in [1.29, 1.82) is 0 Å². The molecule has 7 heteroatoms. The van der Waals surface area contributed by atoms with Crippen molar-refractivity contribution in [1.82, 2.24) is 4.57 Å². The van der Waals surface area contributed by atoms with Gasteiger partial charge in [-0.2, -0.15) is 0 Å². The minimum atomic E-state index is -1.06. The number of benzene rings is 2. The van der Waals surface area contributed by atoms with Crippen LogP contribution in [0.5, 0.6) is 5.75 Å². The number of hydrogen-bond donors (Lipinski definition) is 1. The third-order valence-electron chi connectivity index (χ3n) is 5.46. The Balaban J connectivity index is 1.96. The van der Waals surface area contributed by atoms with Crippen LogP contribution in [0.2, 0.25) is 0 Å². The van der Waals surface area contributed by atoms with Crippen LogP contribution < -0.4 is 16.0 Å². The summed E-state index contributed by atoms with van der Waals surface area (Å²) in [6.45, 7) is 3.85. The van der Waals surface area contributed by atoms with Crippen LogP contribution in [-0.4, -0.2) is 17.1 Å². The molecule has 2 N–H and O–H groups in total. The van der Waals surface area contributed by atoms with Crippen molar-refractivity contribution in [2.75, 3.05) is 6.61 Å². The topological polar surface area (TPSA) is 83.5 Å². The molecule has 164 valence electrons. The summed E-state index contributed by atoms with van der Waals surface area (Å²) in [6.07, 6.45) is 0. The monoisotopic (exact) mass is 434 g/mol. The average Bonchev–Trinajstić information content (AvgIpc) is 2.77. The lowest BCUT2D eigenvalue weighted by atomic mass is 9.83. The van der Waals surface area contributed by atoms with Crippen LogP contribution >= 0.6 is 0 Å². The number of carbonyl (C=O) groups is 1. The van der Waals surface area contributed by atoms with E-state index in [1.54, 1.807) is 36.6 Å². The van der Waals surface area contributed by atoms with Gasteiger partial charge >= 0.3 is 5.97 Å². The molecule has 0 bridgehead atoms. The van der Waals surface area contributed by atoms with E-state index < -0.39 is 17.7 Å². The molecule has 6 nitrogen and oxygen atoms in total. The first-order chi connectivity index (χ1) is 15.4. The van der Waals surface area contributed by atoms with E-state index in [2.05, 4.69) is 0 Å². The minimum Gasteiger partial charge on any atom is -0.462 e. The molecule has 32 heavy (non-hydrogen) atoms. The van der Waals surface area contributed by atoms with Crippen LogP contribution in [0.4, 0.5) is 4.39 Å². The van der Waals surface area contributed by atoms with E-state index in [1.165, 1.54) is 12.1 Å². The lowest BCUT2D eigenvalue weighted by molar-refractivity contribution is -0.139. The lowest BCUT2D eigenvalue weighted by Gasteiger charge is -2.29. The second-order valence-electron chi connectivity index (χ2n) is 7.50. The second kappa shape index (κ2) is 8.70. The maximum atomic E-state index is 14.9. The summed E-state index contributed by atoms with van der Waals surface area (Å²) >= 11 is 0. The Kier molecular flexibility index (Phi) is 5.81. The van der Waals surface area contributed by atoms with Gasteiger partial charge in [-0.15, -0.1) is 0 Å². The third-order valence-corrected chi connectivity index (χ3v) is 5.46. The van der Waals surface area contributed by atoms with Crippen molar-refractivity contribution in [3.05, 3.63) is 111 Å². The molecule has 0 saturated heterocycles. The zero-order valence-corrected chi connectivity index (χ0v) is 17.8. The standard InChI is InChI=1S/C25H23FN2O4/c1-3-31-25(30)22-20(17-11-7-8-12-18(17)26)21-19(32-23(22)27)13-15(2)28(24(21)29)14-16-9-5-4-6-10-16/h4-13,20H,3,14,27H2,1-2H3/t20-/m1/s1. The normalized spacial score (nSPS) is 15.2. The van der Waals surface area contributed by atoms with Crippen LogP contribution in [0.25, 0.3) is 0 Å². The summed E-state index contributed by atoms with van der Waals surface area (Å²) in [5, 5.41) is 0. The van der Waals surface area contributed by atoms with Gasteiger partial charge in [0.25, 0.3) is 5.56 Å². The number of nitrogens with zero attached hydrogens (tertiary/aromatic N) is 1. The number of hydrogen-bond acceptors (Lipinski definition) is 5. The fourth-order valence-corrected chi connectivity index (χ4v) is 3.98. The van der Waals surface area contributed by atoms with Crippen LogP contribution in [0.1, 0.15) is 35.2 Å². The first-order valence-corrected chi connectivity index (χ1v) is 10.3. The number of aromatic nitrogens is 1.